The Hall–Kier alpha value is -2.49. The molecule has 10 heteroatoms. The molecule has 1 aliphatic carbocycles. The van der Waals surface area contributed by atoms with Crippen molar-refractivity contribution in [2.45, 2.75) is 64.3 Å². The average Bonchev–Trinajstić information content (AvgIpc) is 2.71. The van der Waals surface area contributed by atoms with E-state index >= 15 is 0 Å². The van der Waals surface area contributed by atoms with Gasteiger partial charge >= 0.3 is 5.69 Å². The summed E-state index contributed by atoms with van der Waals surface area (Å²) >= 11 is 6.19. The van der Waals surface area contributed by atoms with Gasteiger partial charge in [-0.25, -0.2) is 4.79 Å². The van der Waals surface area contributed by atoms with Crippen LogP contribution in [0.1, 0.15) is 56.3 Å². The van der Waals surface area contributed by atoms with E-state index in [1.807, 2.05) is 0 Å². The van der Waals surface area contributed by atoms with E-state index in [2.05, 4.69) is 10.4 Å². The SMILES string of the molecule is CC(C)(O)Cn1c(=O)cnn(-c2ccc(Cl)c(C(=O)NC(O)C3CCCCC3)c2)c1=O. The Morgan fingerprint density at radius 2 is 1.97 bits per heavy atom. The molecule has 0 radical (unpaired) electrons. The summed E-state index contributed by atoms with van der Waals surface area (Å²) in [5, 5.41) is 27.0. The predicted octanol–water partition coefficient (Wildman–Crippen LogP) is 1.45. The number of hydrogen-bond donors (Lipinski definition) is 3. The van der Waals surface area contributed by atoms with Gasteiger partial charge in [-0.05, 0) is 44.9 Å². The maximum Gasteiger partial charge on any atom is 0.352 e. The Balaban J connectivity index is 1.90. The lowest BCUT2D eigenvalue weighted by molar-refractivity contribution is 0.0463. The lowest BCUT2D eigenvalue weighted by Crippen LogP contribution is -2.45. The van der Waals surface area contributed by atoms with Gasteiger partial charge in [0.15, 0.2) is 0 Å². The second-order valence-corrected chi connectivity index (χ2v) is 8.96. The van der Waals surface area contributed by atoms with Crippen molar-refractivity contribution in [1.29, 1.82) is 0 Å². The van der Waals surface area contributed by atoms with E-state index in [9.17, 15) is 24.6 Å². The molecule has 1 saturated carbocycles. The number of carbonyl (C=O) groups excluding carboxylic acids is 1. The normalized spacial score (nSPS) is 16.2. The van der Waals surface area contributed by atoms with Gasteiger partial charge in [-0.1, -0.05) is 30.9 Å². The molecular weight excluding hydrogens is 424 g/mol. The van der Waals surface area contributed by atoms with E-state index in [0.29, 0.717) is 0 Å². The second-order valence-electron chi connectivity index (χ2n) is 8.56. The molecule has 0 bridgehead atoms. The standard InChI is InChI=1S/C21H27ClN4O5/c1-21(2,31)12-25-17(27)11-23-26(20(25)30)14-8-9-16(22)15(10-14)19(29)24-18(28)13-6-4-3-5-7-13/h8-11,13,18,28,31H,3-7,12H2,1-2H3,(H,24,29). The number of rotatable bonds is 6. The Bertz CT molecular complexity index is 1070. The van der Waals surface area contributed by atoms with Crippen LogP contribution >= 0.6 is 11.6 Å². The average molecular weight is 451 g/mol. The summed E-state index contributed by atoms with van der Waals surface area (Å²) in [6, 6.07) is 4.31. The summed E-state index contributed by atoms with van der Waals surface area (Å²) in [6.45, 7) is 2.74. The Labute approximate surface area is 184 Å². The van der Waals surface area contributed by atoms with Gasteiger partial charge in [-0.2, -0.15) is 9.78 Å². The quantitative estimate of drug-likeness (QED) is 0.572. The molecule has 1 aromatic carbocycles. The highest BCUT2D eigenvalue weighted by Gasteiger charge is 2.25. The third-order valence-electron chi connectivity index (χ3n) is 5.32. The second kappa shape index (κ2) is 9.33. The summed E-state index contributed by atoms with van der Waals surface area (Å²) in [5.74, 6) is -0.572. The van der Waals surface area contributed by atoms with Crippen LogP contribution in [-0.4, -0.2) is 42.3 Å². The molecule has 1 unspecified atom stereocenters. The summed E-state index contributed by atoms with van der Waals surface area (Å²) in [4.78, 5) is 37.6. The van der Waals surface area contributed by atoms with Crippen LogP contribution in [0.3, 0.4) is 0 Å². The van der Waals surface area contributed by atoms with Gasteiger partial charge in [0.05, 0.1) is 28.4 Å². The Kier molecular flexibility index (Phi) is 6.98. The van der Waals surface area contributed by atoms with Gasteiger partial charge < -0.3 is 15.5 Å². The molecule has 0 saturated heterocycles. The van der Waals surface area contributed by atoms with Gasteiger partial charge in [0.2, 0.25) is 0 Å². The molecule has 1 heterocycles. The van der Waals surface area contributed by atoms with E-state index in [0.717, 1.165) is 47.5 Å². The first-order chi connectivity index (χ1) is 14.6. The van der Waals surface area contributed by atoms with Crippen molar-refractivity contribution >= 4 is 17.5 Å². The highest BCUT2D eigenvalue weighted by Crippen LogP contribution is 2.26. The molecule has 3 rings (SSSR count). The highest BCUT2D eigenvalue weighted by molar-refractivity contribution is 6.33. The number of hydrogen-bond acceptors (Lipinski definition) is 6. The largest absolute Gasteiger partial charge is 0.389 e. The van der Waals surface area contributed by atoms with E-state index < -0.39 is 29.0 Å². The van der Waals surface area contributed by atoms with Crippen molar-refractivity contribution < 1.29 is 15.0 Å². The number of aliphatic hydroxyl groups excluding tert-OH is 1. The molecule has 2 aromatic rings. The number of aliphatic hydroxyl groups is 2. The molecule has 9 nitrogen and oxygen atoms in total. The van der Waals surface area contributed by atoms with E-state index in [-0.39, 0.29) is 28.7 Å². The summed E-state index contributed by atoms with van der Waals surface area (Å²) in [6.07, 6.45) is 4.83. The first-order valence-electron chi connectivity index (χ1n) is 10.3. The van der Waals surface area contributed by atoms with Gasteiger partial charge in [0.25, 0.3) is 11.5 Å². The van der Waals surface area contributed by atoms with Gasteiger partial charge in [-0.3, -0.25) is 14.2 Å². The first-order valence-corrected chi connectivity index (χ1v) is 10.6. The minimum absolute atomic E-state index is 0.00524. The molecular formula is C21H27ClN4O5. The molecule has 0 spiro atoms. The number of carbonyl (C=O) groups is 1. The van der Waals surface area contributed by atoms with Crippen LogP contribution in [-0.2, 0) is 6.54 Å². The van der Waals surface area contributed by atoms with Gasteiger partial charge in [-0.15, -0.1) is 0 Å². The lowest BCUT2D eigenvalue weighted by atomic mass is 9.88. The zero-order valence-electron chi connectivity index (χ0n) is 17.5. The molecule has 168 valence electrons. The molecule has 1 aromatic heterocycles. The molecule has 1 amide bonds. The molecule has 1 atom stereocenters. The number of nitrogens with zero attached hydrogens (tertiary/aromatic N) is 3. The van der Waals surface area contributed by atoms with Crippen molar-refractivity contribution in [3.63, 3.8) is 0 Å². The van der Waals surface area contributed by atoms with Crippen LogP contribution in [0.4, 0.5) is 0 Å². The van der Waals surface area contributed by atoms with E-state index in [4.69, 9.17) is 11.6 Å². The monoisotopic (exact) mass is 450 g/mol. The Morgan fingerprint density at radius 3 is 2.61 bits per heavy atom. The van der Waals surface area contributed by atoms with Crippen molar-refractivity contribution in [3.05, 3.63) is 55.8 Å². The summed E-state index contributed by atoms with van der Waals surface area (Å²) in [5.41, 5.74) is -2.40. The topological polar surface area (TPSA) is 126 Å². The zero-order valence-corrected chi connectivity index (χ0v) is 18.3. The number of amides is 1. The van der Waals surface area contributed by atoms with Gasteiger partial charge in [0.1, 0.15) is 12.4 Å². The molecule has 31 heavy (non-hydrogen) atoms. The molecule has 1 aliphatic rings. The number of benzene rings is 1. The Morgan fingerprint density at radius 1 is 1.29 bits per heavy atom. The van der Waals surface area contributed by atoms with Crippen LogP contribution < -0.4 is 16.6 Å². The van der Waals surface area contributed by atoms with E-state index in [1.165, 1.54) is 32.0 Å². The fraction of sp³-hybridized carbons (Fsp3) is 0.524. The number of halogens is 1. The smallest absolute Gasteiger partial charge is 0.352 e. The molecule has 0 aliphatic heterocycles. The third kappa shape index (κ3) is 5.61. The van der Waals surface area contributed by atoms with Crippen LogP contribution in [0.5, 0.6) is 0 Å². The summed E-state index contributed by atoms with van der Waals surface area (Å²) in [7, 11) is 0. The zero-order chi connectivity index (χ0) is 22.8. The highest BCUT2D eigenvalue weighted by atomic mass is 35.5. The van der Waals surface area contributed by atoms with Crippen LogP contribution in [0.25, 0.3) is 5.69 Å². The first kappa shape index (κ1) is 23.2. The molecule has 3 N–H and O–H groups in total. The van der Waals surface area contributed by atoms with Crippen molar-refractivity contribution in [3.8, 4) is 5.69 Å². The fourth-order valence-corrected chi connectivity index (χ4v) is 3.95. The predicted molar refractivity (Wildman–Crippen MR) is 115 cm³/mol. The maximum atomic E-state index is 12.8. The lowest BCUT2D eigenvalue weighted by Gasteiger charge is -2.27. The minimum atomic E-state index is -1.29. The van der Waals surface area contributed by atoms with Gasteiger partial charge in [0, 0.05) is 5.92 Å². The van der Waals surface area contributed by atoms with E-state index in [1.54, 1.807) is 0 Å². The number of nitrogens with one attached hydrogen (secondary N) is 1. The number of aromatic nitrogens is 3. The summed E-state index contributed by atoms with van der Waals surface area (Å²) < 4.78 is 1.83. The van der Waals surface area contributed by atoms with Crippen LogP contribution in [0, 0.1) is 5.92 Å². The third-order valence-corrected chi connectivity index (χ3v) is 5.65. The van der Waals surface area contributed by atoms with Crippen molar-refractivity contribution in [1.82, 2.24) is 19.7 Å². The minimum Gasteiger partial charge on any atom is -0.389 e. The molecule has 1 fully saturated rings. The van der Waals surface area contributed by atoms with Crippen LogP contribution in [0.15, 0.2) is 34.0 Å². The van der Waals surface area contributed by atoms with Crippen LogP contribution in [0.2, 0.25) is 5.02 Å². The maximum absolute atomic E-state index is 12.8. The van der Waals surface area contributed by atoms with Crippen molar-refractivity contribution in [2.75, 3.05) is 0 Å². The fourth-order valence-electron chi connectivity index (χ4n) is 3.74. The van der Waals surface area contributed by atoms with Crippen molar-refractivity contribution in [2.24, 2.45) is 5.92 Å².